The number of hydrogen-bond donors (Lipinski definition) is 1. The molecule has 0 unspecified atom stereocenters. The third-order valence-corrected chi connectivity index (χ3v) is 5.16. The Hall–Kier alpha value is -1.85. The summed E-state index contributed by atoms with van der Waals surface area (Å²) in [7, 11) is -3.54. The highest BCUT2D eigenvalue weighted by atomic mass is 32.2. The maximum Gasteiger partial charge on any atom is 0.243 e. The van der Waals surface area contributed by atoms with Gasteiger partial charge < -0.3 is 5.73 Å². The number of hydrogen-bond acceptors (Lipinski definition) is 3. The van der Waals surface area contributed by atoms with Gasteiger partial charge in [-0.25, -0.2) is 8.42 Å². The molecule has 0 aromatic heterocycles. The molecule has 2 aromatic rings. The smallest absolute Gasteiger partial charge is 0.243 e. The molecule has 21 heavy (non-hydrogen) atoms. The van der Waals surface area contributed by atoms with E-state index in [2.05, 4.69) is 0 Å². The minimum atomic E-state index is -3.54. The van der Waals surface area contributed by atoms with E-state index in [-0.39, 0.29) is 4.90 Å². The largest absolute Gasteiger partial charge is 0.399 e. The van der Waals surface area contributed by atoms with Crippen LogP contribution in [0.1, 0.15) is 18.1 Å². The van der Waals surface area contributed by atoms with Crippen LogP contribution in [0.15, 0.2) is 53.4 Å². The first-order valence-corrected chi connectivity index (χ1v) is 8.28. The number of rotatable bonds is 5. The van der Waals surface area contributed by atoms with E-state index < -0.39 is 10.0 Å². The van der Waals surface area contributed by atoms with Crippen molar-refractivity contribution in [3.63, 3.8) is 0 Å². The fraction of sp³-hybridized carbons (Fsp3) is 0.250. The van der Waals surface area contributed by atoms with Gasteiger partial charge in [0.05, 0.1) is 4.90 Å². The average molecular weight is 304 g/mol. The normalized spacial score (nSPS) is 11.8. The third kappa shape index (κ3) is 3.62. The van der Waals surface area contributed by atoms with Crippen LogP contribution in [0, 0.1) is 6.92 Å². The highest BCUT2D eigenvalue weighted by molar-refractivity contribution is 7.89. The van der Waals surface area contributed by atoms with Crippen LogP contribution < -0.4 is 5.73 Å². The predicted octanol–water partition coefficient (Wildman–Crippen LogP) is 2.79. The third-order valence-electron chi connectivity index (χ3n) is 3.27. The molecule has 112 valence electrons. The fourth-order valence-corrected chi connectivity index (χ4v) is 3.81. The number of nitrogens with two attached hydrogens (primary N) is 1. The second kappa shape index (κ2) is 6.28. The number of nitrogen functional groups attached to an aromatic ring is 1. The molecule has 2 rings (SSSR count). The van der Waals surface area contributed by atoms with Crippen LogP contribution >= 0.6 is 0 Å². The first-order valence-electron chi connectivity index (χ1n) is 6.84. The van der Waals surface area contributed by atoms with Crippen molar-refractivity contribution < 1.29 is 8.42 Å². The predicted molar refractivity (Wildman–Crippen MR) is 85.3 cm³/mol. The summed E-state index contributed by atoms with van der Waals surface area (Å²) < 4.78 is 26.9. The summed E-state index contributed by atoms with van der Waals surface area (Å²) in [5.74, 6) is 0. The molecule has 0 aliphatic heterocycles. The minimum Gasteiger partial charge on any atom is -0.399 e. The SMILES string of the molecule is CCN(Cc1ccccc1)S(=O)(=O)c1cc(C)cc(N)c1. The highest BCUT2D eigenvalue weighted by Crippen LogP contribution is 2.21. The monoisotopic (exact) mass is 304 g/mol. The van der Waals surface area contributed by atoms with Gasteiger partial charge in [0.15, 0.2) is 0 Å². The molecule has 0 aliphatic carbocycles. The summed E-state index contributed by atoms with van der Waals surface area (Å²) in [6, 6.07) is 14.5. The van der Waals surface area contributed by atoms with Gasteiger partial charge in [0, 0.05) is 18.8 Å². The first-order chi connectivity index (χ1) is 9.93. The van der Waals surface area contributed by atoms with Gasteiger partial charge in [-0.05, 0) is 36.2 Å². The molecule has 0 spiro atoms. The fourth-order valence-electron chi connectivity index (χ4n) is 2.23. The van der Waals surface area contributed by atoms with Crippen LogP contribution in [0.3, 0.4) is 0 Å². The summed E-state index contributed by atoms with van der Waals surface area (Å²) in [6.45, 7) is 4.43. The maximum absolute atomic E-state index is 12.7. The van der Waals surface area contributed by atoms with Crippen molar-refractivity contribution in [1.29, 1.82) is 0 Å². The Morgan fingerprint density at radius 1 is 1.10 bits per heavy atom. The lowest BCUT2D eigenvalue weighted by molar-refractivity contribution is 0.423. The Morgan fingerprint density at radius 3 is 2.33 bits per heavy atom. The first kappa shape index (κ1) is 15.5. The molecular weight excluding hydrogens is 284 g/mol. The zero-order valence-corrected chi connectivity index (χ0v) is 13.1. The second-order valence-electron chi connectivity index (χ2n) is 5.00. The van der Waals surface area contributed by atoms with Crippen molar-refractivity contribution in [2.75, 3.05) is 12.3 Å². The van der Waals surface area contributed by atoms with Crippen LogP contribution in [-0.2, 0) is 16.6 Å². The molecule has 0 aliphatic rings. The standard InChI is InChI=1S/C16H20N2O2S/c1-3-18(12-14-7-5-4-6-8-14)21(19,20)16-10-13(2)9-15(17)11-16/h4-11H,3,12,17H2,1-2H3. The molecule has 0 fully saturated rings. The average Bonchev–Trinajstić information content (AvgIpc) is 2.44. The quantitative estimate of drug-likeness (QED) is 0.864. The summed E-state index contributed by atoms with van der Waals surface area (Å²) in [5.41, 5.74) is 8.03. The van der Waals surface area contributed by atoms with E-state index in [4.69, 9.17) is 5.73 Å². The van der Waals surface area contributed by atoms with Crippen LogP contribution in [0.4, 0.5) is 5.69 Å². The summed E-state index contributed by atoms with van der Waals surface area (Å²) >= 11 is 0. The molecule has 0 saturated heterocycles. The minimum absolute atomic E-state index is 0.248. The number of nitrogens with zero attached hydrogens (tertiary/aromatic N) is 1. The summed E-state index contributed by atoms with van der Waals surface area (Å²) in [5, 5.41) is 0. The van der Waals surface area contributed by atoms with Crippen molar-refractivity contribution in [2.45, 2.75) is 25.3 Å². The van der Waals surface area contributed by atoms with E-state index in [9.17, 15) is 8.42 Å². The molecule has 4 nitrogen and oxygen atoms in total. The van der Waals surface area contributed by atoms with Gasteiger partial charge in [-0.3, -0.25) is 0 Å². The number of aryl methyl sites for hydroxylation is 1. The van der Waals surface area contributed by atoms with E-state index >= 15 is 0 Å². The van der Waals surface area contributed by atoms with Crippen LogP contribution in [0.2, 0.25) is 0 Å². The van der Waals surface area contributed by atoms with Crippen LogP contribution in [-0.4, -0.2) is 19.3 Å². The van der Waals surface area contributed by atoms with Gasteiger partial charge in [-0.2, -0.15) is 4.31 Å². The summed E-state index contributed by atoms with van der Waals surface area (Å²) in [4.78, 5) is 0.248. The Balaban J connectivity index is 2.35. The molecule has 0 heterocycles. The van der Waals surface area contributed by atoms with Gasteiger partial charge >= 0.3 is 0 Å². The zero-order chi connectivity index (χ0) is 15.5. The molecule has 0 radical (unpaired) electrons. The van der Waals surface area contributed by atoms with Gasteiger partial charge in [0.1, 0.15) is 0 Å². The lowest BCUT2D eigenvalue weighted by Gasteiger charge is -2.21. The van der Waals surface area contributed by atoms with Crippen molar-refractivity contribution in [3.8, 4) is 0 Å². The van der Waals surface area contributed by atoms with Crippen molar-refractivity contribution >= 4 is 15.7 Å². The molecule has 0 amide bonds. The highest BCUT2D eigenvalue weighted by Gasteiger charge is 2.23. The van der Waals surface area contributed by atoms with Gasteiger partial charge in [-0.1, -0.05) is 37.3 Å². The van der Waals surface area contributed by atoms with Crippen LogP contribution in [0.5, 0.6) is 0 Å². The van der Waals surface area contributed by atoms with Gasteiger partial charge in [0.2, 0.25) is 10.0 Å². The van der Waals surface area contributed by atoms with E-state index in [1.54, 1.807) is 12.1 Å². The maximum atomic E-state index is 12.7. The number of sulfonamides is 1. The Morgan fingerprint density at radius 2 is 1.76 bits per heavy atom. The number of anilines is 1. The zero-order valence-electron chi connectivity index (χ0n) is 12.3. The van der Waals surface area contributed by atoms with E-state index in [0.717, 1.165) is 11.1 Å². The molecule has 0 saturated carbocycles. The van der Waals surface area contributed by atoms with Gasteiger partial charge in [0.25, 0.3) is 0 Å². The molecule has 5 heteroatoms. The Labute approximate surface area is 126 Å². The van der Waals surface area contributed by atoms with E-state index in [0.29, 0.717) is 18.8 Å². The number of benzene rings is 2. The summed E-state index contributed by atoms with van der Waals surface area (Å²) in [6.07, 6.45) is 0. The Bertz CT molecular complexity index is 692. The van der Waals surface area contributed by atoms with Crippen molar-refractivity contribution in [3.05, 3.63) is 59.7 Å². The molecule has 2 N–H and O–H groups in total. The lowest BCUT2D eigenvalue weighted by atomic mass is 10.2. The van der Waals surface area contributed by atoms with Gasteiger partial charge in [-0.15, -0.1) is 0 Å². The molecule has 2 aromatic carbocycles. The Kier molecular flexibility index (Phi) is 4.65. The molecule has 0 bridgehead atoms. The topological polar surface area (TPSA) is 63.4 Å². The molecule has 0 atom stereocenters. The van der Waals surface area contributed by atoms with E-state index in [1.165, 1.54) is 10.4 Å². The second-order valence-corrected chi connectivity index (χ2v) is 6.93. The lowest BCUT2D eigenvalue weighted by Crippen LogP contribution is -2.30. The van der Waals surface area contributed by atoms with E-state index in [1.807, 2.05) is 44.2 Å². The van der Waals surface area contributed by atoms with Crippen LogP contribution in [0.25, 0.3) is 0 Å². The molecular formula is C16H20N2O2S. The van der Waals surface area contributed by atoms with Crippen molar-refractivity contribution in [2.24, 2.45) is 0 Å². The van der Waals surface area contributed by atoms with Crippen molar-refractivity contribution in [1.82, 2.24) is 4.31 Å².